The molecule has 0 N–H and O–H groups in total. The second-order valence-corrected chi connectivity index (χ2v) is 3.39. The van der Waals surface area contributed by atoms with Gasteiger partial charge in [-0.05, 0) is 6.07 Å². The monoisotopic (exact) mass is 258 g/mol. The molecule has 0 aliphatic rings. The molecular weight excluding hydrogens is 255 g/mol. The SMILES string of the molecule is N#CCc1c(F)cc(Br)cc1[N+](=O)[O-]. The summed E-state index contributed by atoms with van der Waals surface area (Å²) in [5.74, 6) is -0.743. The van der Waals surface area contributed by atoms with Gasteiger partial charge in [-0.25, -0.2) is 4.39 Å². The molecule has 0 unspecified atom stereocenters. The number of benzene rings is 1. The molecule has 4 nitrogen and oxygen atoms in total. The summed E-state index contributed by atoms with van der Waals surface area (Å²) in [6.07, 6.45) is -0.310. The first-order valence-corrected chi connectivity index (χ1v) is 4.35. The molecule has 1 aromatic carbocycles. The highest BCUT2D eigenvalue weighted by atomic mass is 79.9. The molecule has 1 aromatic rings. The van der Waals surface area contributed by atoms with Crippen LogP contribution in [0, 0.1) is 27.3 Å². The quantitative estimate of drug-likeness (QED) is 0.605. The van der Waals surface area contributed by atoms with E-state index in [1.807, 2.05) is 0 Å². The van der Waals surface area contributed by atoms with E-state index in [2.05, 4.69) is 15.9 Å². The largest absolute Gasteiger partial charge is 0.277 e. The molecule has 0 spiro atoms. The lowest BCUT2D eigenvalue weighted by Gasteiger charge is -2.00. The van der Waals surface area contributed by atoms with Crippen LogP contribution in [0.15, 0.2) is 16.6 Å². The van der Waals surface area contributed by atoms with Crippen molar-refractivity contribution in [1.29, 1.82) is 5.26 Å². The lowest BCUT2D eigenvalue weighted by molar-refractivity contribution is -0.385. The molecule has 0 saturated heterocycles. The van der Waals surface area contributed by atoms with Gasteiger partial charge in [0.15, 0.2) is 0 Å². The topological polar surface area (TPSA) is 66.9 Å². The van der Waals surface area contributed by atoms with Crippen molar-refractivity contribution >= 4 is 21.6 Å². The number of rotatable bonds is 2. The Morgan fingerprint density at radius 3 is 2.79 bits per heavy atom. The van der Waals surface area contributed by atoms with Crippen LogP contribution in [0.25, 0.3) is 0 Å². The number of hydrogen-bond donors (Lipinski definition) is 0. The Morgan fingerprint density at radius 1 is 1.64 bits per heavy atom. The molecule has 0 fully saturated rings. The van der Waals surface area contributed by atoms with E-state index in [9.17, 15) is 14.5 Å². The van der Waals surface area contributed by atoms with Crippen LogP contribution in [0.3, 0.4) is 0 Å². The molecule has 14 heavy (non-hydrogen) atoms. The van der Waals surface area contributed by atoms with Crippen molar-refractivity contribution in [3.8, 4) is 6.07 Å². The Balaban J connectivity index is 3.38. The summed E-state index contributed by atoms with van der Waals surface area (Å²) in [6, 6.07) is 3.95. The lowest BCUT2D eigenvalue weighted by atomic mass is 10.1. The van der Waals surface area contributed by atoms with Crippen LogP contribution in [0.5, 0.6) is 0 Å². The summed E-state index contributed by atoms with van der Waals surface area (Å²) in [4.78, 5) is 9.80. The van der Waals surface area contributed by atoms with Crippen molar-refractivity contribution in [3.63, 3.8) is 0 Å². The molecule has 0 aliphatic carbocycles. The maximum absolute atomic E-state index is 13.2. The zero-order valence-corrected chi connectivity index (χ0v) is 8.41. The fourth-order valence-corrected chi connectivity index (χ4v) is 1.42. The van der Waals surface area contributed by atoms with Gasteiger partial charge in [0.05, 0.1) is 23.0 Å². The molecule has 0 aromatic heterocycles. The minimum atomic E-state index is -0.743. The first-order valence-electron chi connectivity index (χ1n) is 3.55. The predicted octanol–water partition coefficient (Wildman–Crippen LogP) is 2.56. The summed E-state index contributed by atoms with van der Waals surface area (Å²) in [5.41, 5.74) is -0.556. The van der Waals surface area contributed by atoms with Crippen molar-refractivity contribution in [2.45, 2.75) is 6.42 Å². The fraction of sp³-hybridized carbons (Fsp3) is 0.125. The predicted molar refractivity (Wildman–Crippen MR) is 50.1 cm³/mol. The van der Waals surface area contributed by atoms with Crippen molar-refractivity contribution in [2.24, 2.45) is 0 Å². The average Bonchev–Trinajstić information content (AvgIpc) is 2.09. The van der Waals surface area contributed by atoms with Gasteiger partial charge in [-0.15, -0.1) is 0 Å². The number of nitro groups is 1. The summed E-state index contributed by atoms with van der Waals surface area (Å²) >= 11 is 2.94. The van der Waals surface area contributed by atoms with Crippen LogP contribution in [0.4, 0.5) is 10.1 Å². The summed E-state index contributed by atoms with van der Waals surface area (Å²) in [5, 5.41) is 18.9. The summed E-state index contributed by atoms with van der Waals surface area (Å²) in [7, 11) is 0. The van der Waals surface area contributed by atoms with Gasteiger partial charge in [0.1, 0.15) is 5.82 Å². The van der Waals surface area contributed by atoms with E-state index in [0.29, 0.717) is 0 Å². The van der Waals surface area contributed by atoms with E-state index in [1.165, 1.54) is 6.07 Å². The van der Waals surface area contributed by atoms with E-state index in [-0.39, 0.29) is 22.1 Å². The van der Waals surface area contributed by atoms with Crippen molar-refractivity contribution in [3.05, 3.63) is 38.1 Å². The molecule has 0 aliphatic heterocycles. The Bertz CT molecular complexity index is 428. The molecule has 0 bridgehead atoms. The molecule has 72 valence electrons. The van der Waals surface area contributed by atoms with Crippen LogP contribution in [-0.2, 0) is 6.42 Å². The molecular formula is C8H4BrFN2O2. The van der Waals surface area contributed by atoms with Crippen LogP contribution >= 0.6 is 15.9 Å². The third-order valence-corrected chi connectivity index (χ3v) is 2.05. The molecule has 0 amide bonds. The minimum Gasteiger partial charge on any atom is -0.258 e. The number of nitro benzene ring substituents is 1. The first-order chi connectivity index (χ1) is 6.56. The second-order valence-electron chi connectivity index (χ2n) is 2.48. The van der Waals surface area contributed by atoms with Gasteiger partial charge in [-0.2, -0.15) is 5.26 Å². The first kappa shape index (κ1) is 10.6. The van der Waals surface area contributed by atoms with Crippen LogP contribution in [0.1, 0.15) is 5.56 Å². The van der Waals surface area contributed by atoms with Crippen LogP contribution < -0.4 is 0 Å². The minimum absolute atomic E-state index is 0.180. The molecule has 1 rings (SSSR count). The van der Waals surface area contributed by atoms with Crippen LogP contribution in [-0.4, -0.2) is 4.92 Å². The molecule has 0 saturated carbocycles. The summed E-state index contributed by atoms with van der Waals surface area (Å²) in [6.45, 7) is 0. The van der Waals surface area contributed by atoms with E-state index in [4.69, 9.17) is 5.26 Å². The van der Waals surface area contributed by atoms with Gasteiger partial charge in [-0.3, -0.25) is 10.1 Å². The van der Waals surface area contributed by atoms with Crippen molar-refractivity contribution in [1.82, 2.24) is 0 Å². The zero-order valence-electron chi connectivity index (χ0n) is 6.83. The maximum atomic E-state index is 13.2. The highest BCUT2D eigenvalue weighted by Crippen LogP contribution is 2.26. The zero-order chi connectivity index (χ0) is 10.7. The van der Waals surface area contributed by atoms with E-state index in [0.717, 1.165) is 6.07 Å². The van der Waals surface area contributed by atoms with Gasteiger partial charge < -0.3 is 0 Å². The van der Waals surface area contributed by atoms with Crippen molar-refractivity contribution < 1.29 is 9.31 Å². The average molecular weight is 259 g/mol. The lowest BCUT2D eigenvalue weighted by Crippen LogP contribution is -1.98. The van der Waals surface area contributed by atoms with Crippen LogP contribution in [0.2, 0.25) is 0 Å². The van der Waals surface area contributed by atoms with E-state index < -0.39 is 10.7 Å². The highest BCUT2D eigenvalue weighted by Gasteiger charge is 2.18. The van der Waals surface area contributed by atoms with Crippen molar-refractivity contribution in [2.75, 3.05) is 0 Å². The van der Waals surface area contributed by atoms with Gasteiger partial charge in [0.2, 0.25) is 0 Å². The number of nitriles is 1. The van der Waals surface area contributed by atoms with E-state index >= 15 is 0 Å². The standard InChI is InChI=1S/C8H4BrFN2O2/c9-5-3-7(10)6(1-2-11)8(4-5)12(13)14/h3-4H,1H2. The summed E-state index contributed by atoms with van der Waals surface area (Å²) < 4.78 is 13.5. The highest BCUT2D eigenvalue weighted by molar-refractivity contribution is 9.10. The molecule has 6 heteroatoms. The molecule has 0 atom stereocenters. The van der Waals surface area contributed by atoms with Gasteiger partial charge in [0.25, 0.3) is 5.69 Å². The molecule has 0 radical (unpaired) electrons. The fourth-order valence-electron chi connectivity index (χ4n) is 1.01. The van der Waals surface area contributed by atoms with Gasteiger partial charge >= 0.3 is 0 Å². The smallest absolute Gasteiger partial charge is 0.258 e. The number of hydrogen-bond acceptors (Lipinski definition) is 3. The third-order valence-electron chi connectivity index (χ3n) is 1.59. The Hall–Kier alpha value is -1.48. The normalized spacial score (nSPS) is 9.50. The van der Waals surface area contributed by atoms with E-state index in [1.54, 1.807) is 6.07 Å². The maximum Gasteiger partial charge on any atom is 0.277 e. The van der Waals surface area contributed by atoms with Gasteiger partial charge in [0, 0.05) is 10.5 Å². The Kier molecular flexibility index (Phi) is 3.14. The Morgan fingerprint density at radius 2 is 2.29 bits per heavy atom. The Labute approximate surface area is 87.2 Å². The third kappa shape index (κ3) is 2.06. The second kappa shape index (κ2) is 4.15. The van der Waals surface area contributed by atoms with Gasteiger partial charge in [-0.1, -0.05) is 15.9 Å². The number of halogens is 2. The molecule has 0 heterocycles. The number of nitrogens with zero attached hydrogens (tertiary/aromatic N) is 2.